The molecule has 0 saturated carbocycles. The molecule has 2 aliphatic rings. The van der Waals surface area contributed by atoms with Gasteiger partial charge >= 0.3 is 0 Å². The van der Waals surface area contributed by atoms with Crippen molar-refractivity contribution in [2.24, 2.45) is 0 Å². The maximum absolute atomic E-state index is 12.6. The van der Waals surface area contributed by atoms with Crippen molar-refractivity contribution in [3.63, 3.8) is 0 Å². The Morgan fingerprint density at radius 3 is 2.95 bits per heavy atom. The Bertz CT molecular complexity index is 504. The average Bonchev–Trinajstić information content (AvgIpc) is 3.00. The molecular formula is C15H21BrN4O. The number of nitrogens with zero attached hydrogens (tertiary/aromatic N) is 2. The first kappa shape index (κ1) is 14.9. The molecule has 114 valence electrons. The van der Waals surface area contributed by atoms with Crippen molar-refractivity contribution in [3.05, 3.63) is 22.8 Å². The van der Waals surface area contributed by atoms with Gasteiger partial charge in [0.25, 0.3) is 0 Å². The Morgan fingerprint density at radius 1 is 1.38 bits per heavy atom. The fraction of sp³-hybridized carbons (Fsp3) is 0.600. The van der Waals surface area contributed by atoms with Crippen LogP contribution in [0.4, 0.5) is 5.82 Å². The van der Waals surface area contributed by atoms with E-state index in [1.165, 1.54) is 0 Å². The zero-order valence-electron chi connectivity index (χ0n) is 12.0. The van der Waals surface area contributed by atoms with Gasteiger partial charge in [0.05, 0.1) is 10.5 Å². The summed E-state index contributed by atoms with van der Waals surface area (Å²) in [6, 6.07) is 4.26. The zero-order valence-corrected chi connectivity index (χ0v) is 13.6. The van der Waals surface area contributed by atoms with Gasteiger partial charge in [-0.15, -0.1) is 0 Å². The maximum atomic E-state index is 12.6. The summed E-state index contributed by atoms with van der Waals surface area (Å²) >= 11 is 3.43. The second kappa shape index (κ2) is 6.85. The molecule has 2 N–H and O–H groups in total. The van der Waals surface area contributed by atoms with Crippen molar-refractivity contribution in [2.45, 2.75) is 37.8 Å². The number of rotatable bonds is 3. The number of amides is 1. The number of nitrogens with one attached hydrogen (secondary N) is 2. The number of hydrogen-bond acceptors (Lipinski definition) is 4. The summed E-state index contributed by atoms with van der Waals surface area (Å²) in [7, 11) is 0. The van der Waals surface area contributed by atoms with Crippen molar-refractivity contribution in [3.8, 4) is 0 Å². The lowest BCUT2D eigenvalue weighted by Crippen LogP contribution is -2.49. The van der Waals surface area contributed by atoms with Crippen LogP contribution in [-0.2, 0) is 4.79 Å². The lowest BCUT2D eigenvalue weighted by molar-refractivity contribution is -0.121. The van der Waals surface area contributed by atoms with Gasteiger partial charge in [-0.1, -0.05) is 0 Å². The van der Waals surface area contributed by atoms with Crippen LogP contribution in [0.2, 0.25) is 0 Å². The molecule has 3 rings (SSSR count). The lowest BCUT2D eigenvalue weighted by Gasteiger charge is -2.35. The van der Waals surface area contributed by atoms with E-state index >= 15 is 0 Å². The Balaban J connectivity index is 1.67. The van der Waals surface area contributed by atoms with Crippen molar-refractivity contribution < 1.29 is 4.79 Å². The SMILES string of the molecule is O=C(Nc1ncccc1Br)C1CCCN1C1CCNCC1. The minimum Gasteiger partial charge on any atom is -0.317 e. The molecule has 1 aromatic heterocycles. The molecule has 2 saturated heterocycles. The largest absolute Gasteiger partial charge is 0.317 e. The third kappa shape index (κ3) is 3.44. The van der Waals surface area contributed by atoms with Gasteiger partial charge in [-0.2, -0.15) is 0 Å². The first-order valence-corrected chi connectivity index (χ1v) is 8.43. The number of anilines is 1. The Kier molecular flexibility index (Phi) is 4.87. The lowest BCUT2D eigenvalue weighted by atomic mass is 10.0. The Morgan fingerprint density at radius 2 is 2.19 bits per heavy atom. The van der Waals surface area contributed by atoms with Gasteiger partial charge in [0.2, 0.25) is 5.91 Å². The molecule has 0 spiro atoms. The van der Waals surface area contributed by atoms with Gasteiger partial charge in [-0.3, -0.25) is 9.69 Å². The molecule has 1 amide bonds. The van der Waals surface area contributed by atoms with Crippen molar-refractivity contribution >= 4 is 27.7 Å². The van der Waals surface area contributed by atoms with Crippen LogP contribution >= 0.6 is 15.9 Å². The number of likely N-dealkylation sites (tertiary alicyclic amines) is 1. The average molecular weight is 353 g/mol. The molecule has 1 aromatic rings. The van der Waals surface area contributed by atoms with E-state index in [9.17, 15) is 4.79 Å². The third-order valence-electron chi connectivity index (χ3n) is 4.37. The van der Waals surface area contributed by atoms with Crippen molar-refractivity contribution in [1.29, 1.82) is 0 Å². The number of halogens is 1. The van der Waals surface area contributed by atoms with E-state index < -0.39 is 0 Å². The standard InChI is InChI=1S/C15H21BrN4O/c16-12-3-1-7-18-14(12)19-15(21)13-4-2-10-20(13)11-5-8-17-9-6-11/h1,3,7,11,13,17H,2,4-6,8-10H2,(H,18,19,21). The number of carbonyl (C=O) groups excluding carboxylic acids is 1. The van der Waals surface area contributed by atoms with E-state index in [2.05, 4.69) is 36.4 Å². The fourth-order valence-electron chi connectivity index (χ4n) is 3.32. The topological polar surface area (TPSA) is 57.3 Å². The van der Waals surface area contributed by atoms with Crippen LogP contribution in [0.5, 0.6) is 0 Å². The molecule has 0 bridgehead atoms. The van der Waals surface area contributed by atoms with Gasteiger partial charge in [-0.25, -0.2) is 4.98 Å². The minimum atomic E-state index is -0.0120. The quantitative estimate of drug-likeness (QED) is 0.873. The Hall–Kier alpha value is -0.980. The molecule has 1 unspecified atom stereocenters. The molecule has 21 heavy (non-hydrogen) atoms. The van der Waals surface area contributed by atoms with Gasteiger partial charge in [-0.05, 0) is 73.4 Å². The maximum Gasteiger partial charge on any atom is 0.242 e. The number of piperidine rings is 1. The molecule has 1 atom stereocenters. The van der Waals surface area contributed by atoms with Gasteiger partial charge < -0.3 is 10.6 Å². The highest BCUT2D eigenvalue weighted by molar-refractivity contribution is 9.10. The van der Waals surface area contributed by atoms with Crippen LogP contribution in [0, 0.1) is 0 Å². The summed E-state index contributed by atoms with van der Waals surface area (Å²) in [6.07, 6.45) is 6.01. The monoisotopic (exact) mass is 352 g/mol. The smallest absolute Gasteiger partial charge is 0.242 e. The van der Waals surface area contributed by atoms with Crippen LogP contribution < -0.4 is 10.6 Å². The zero-order chi connectivity index (χ0) is 14.7. The summed E-state index contributed by atoms with van der Waals surface area (Å²) in [5, 5.41) is 6.35. The minimum absolute atomic E-state index is 0.0120. The third-order valence-corrected chi connectivity index (χ3v) is 5.01. The second-order valence-corrected chi connectivity index (χ2v) is 6.55. The molecule has 0 radical (unpaired) electrons. The van der Waals surface area contributed by atoms with E-state index in [1.807, 2.05) is 12.1 Å². The first-order valence-electron chi connectivity index (χ1n) is 7.63. The number of pyridine rings is 1. The second-order valence-electron chi connectivity index (χ2n) is 5.70. The van der Waals surface area contributed by atoms with Crippen LogP contribution in [0.1, 0.15) is 25.7 Å². The molecule has 5 nitrogen and oxygen atoms in total. The number of aromatic nitrogens is 1. The van der Waals surface area contributed by atoms with Gasteiger partial charge in [0.15, 0.2) is 0 Å². The van der Waals surface area contributed by atoms with E-state index in [0.717, 1.165) is 49.8 Å². The molecule has 2 aliphatic heterocycles. The van der Waals surface area contributed by atoms with E-state index in [1.54, 1.807) is 6.20 Å². The van der Waals surface area contributed by atoms with Gasteiger partial charge in [0.1, 0.15) is 5.82 Å². The summed E-state index contributed by atoms with van der Waals surface area (Å²) < 4.78 is 0.824. The van der Waals surface area contributed by atoms with Crippen LogP contribution in [0.15, 0.2) is 22.8 Å². The summed E-state index contributed by atoms with van der Waals surface area (Å²) in [5.74, 6) is 0.685. The predicted octanol–water partition coefficient (Wildman–Crippen LogP) is 2.00. The first-order chi connectivity index (χ1) is 10.3. The van der Waals surface area contributed by atoms with Crippen molar-refractivity contribution in [2.75, 3.05) is 25.0 Å². The number of carbonyl (C=O) groups is 1. The summed E-state index contributed by atoms with van der Waals surface area (Å²) in [6.45, 7) is 3.15. The highest BCUT2D eigenvalue weighted by Gasteiger charge is 2.35. The molecular weight excluding hydrogens is 332 g/mol. The summed E-state index contributed by atoms with van der Waals surface area (Å²) in [4.78, 5) is 19.2. The van der Waals surface area contributed by atoms with E-state index in [0.29, 0.717) is 11.9 Å². The van der Waals surface area contributed by atoms with Crippen LogP contribution in [0.3, 0.4) is 0 Å². The molecule has 0 aliphatic carbocycles. The molecule has 0 aromatic carbocycles. The fourth-order valence-corrected chi connectivity index (χ4v) is 3.68. The highest BCUT2D eigenvalue weighted by Crippen LogP contribution is 2.26. The normalized spacial score (nSPS) is 24.1. The number of hydrogen-bond donors (Lipinski definition) is 2. The molecule has 6 heteroatoms. The summed E-state index contributed by atoms with van der Waals surface area (Å²) in [5.41, 5.74) is 0. The van der Waals surface area contributed by atoms with Crippen molar-refractivity contribution in [1.82, 2.24) is 15.2 Å². The van der Waals surface area contributed by atoms with E-state index in [4.69, 9.17) is 0 Å². The van der Waals surface area contributed by atoms with Crippen LogP contribution in [0.25, 0.3) is 0 Å². The predicted molar refractivity (Wildman–Crippen MR) is 86.2 cm³/mol. The molecule has 2 fully saturated rings. The van der Waals surface area contributed by atoms with Crippen LogP contribution in [-0.4, -0.2) is 47.5 Å². The van der Waals surface area contributed by atoms with E-state index in [-0.39, 0.29) is 11.9 Å². The Labute approximate surface area is 133 Å². The molecule has 3 heterocycles. The highest BCUT2D eigenvalue weighted by atomic mass is 79.9. The van der Waals surface area contributed by atoms with Gasteiger partial charge in [0, 0.05) is 12.2 Å².